The van der Waals surface area contributed by atoms with Crippen molar-refractivity contribution >= 4 is 10.9 Å². The van der Waals surface area contributed by atoms with Gasteiger partial charge in [-0.15, -0.1) is 5.10 Å². The number of hydrogen-bond acceptors (Lipinski definition) is 4. The maximum atomic E-state index is 8.78. The minimum absolute atomic E-state index is 0.00177. The van der Waals surface area contributed by atoms with Gasteiger partial charge in [-0.2, -0.15) is 0 Å². The summed E-state index contributed by atoms with van der Waals surface area (Å²) in [6.45, 7) is 5.12. The maximum absolute atomic E-state index is 8.78. The van der Waals surface area contributed by atoms with E-state index < -0.39 is 0 Å². The van der Waals surface area contributed by atoms with Crippen molar-refractivity contribution in [1.82, 2.24) is 9.78 Å². The van der Waals surface area contributed by atoms with Crippen LogP contribution in [0.3, 0.4) is 0 Å². The molecule has 0 saturated carbocycles. The van der Waals surface area contributed by atoms with Gasteiger partial charge >= 0.3 is 0 Å². The van der Waals surface area contributed by atoms with Crippen LogP contribution >= 0.6 is 0 Å². The molecule has 1 aromatic heterocycles. The number of aliphatic hydroxyl groups is 1. The summed E-state index contributed by atoms with van der Waals surface area (Å²) in [4.78, 5) is 0. The molecule has 19 heavy (non-hydrogen) atoms. The van der Waals surface area contributed by atoms with Crippen LogP contribution in [0.25, 0.3) is 10.9 Å². The van der Waals surface area contributed by atoms with Crippen LogP contribution in [-0.4, -0.2) is 34.7 Å². The topological polar surface area (TPSA) is 56.5 Å². The SMILES string of the molecule is CC(C)COc1nn(C)c2ccc(OCCO)cc12. The van der Waals surface area contributed by atoms with Crippen LogP contribution in [0.5, 0.6) is 11.6 Å². The molecule has 5 heteroatoms. The van der Waals surface area contributed by atoms with Gasteiger partial charge in [0.2, 0.25) is 5.88 Å². The molecule has 0 atom stereocenters. The van der Waals surface area contributed by atoms with Gasteiger partial charge in [-0.05, 0) is 24.1 Å². The van der Waals surface area contributed by atoms with Gasteiger partial charge in [0, 0.05) is 7.05 Å². The van der Waals surface area contributed by atoms with Crippen molar-refractivity contribution in [1.29, 1.82) is 0 Å². The number of aliphatic hydroxyl groups excluding tert-OH is 1. The van der Waals surface area contributed by atoms with E-state index in [4.69, 9.17) is 14.6 Å². The summed E-state index contributed by atoms with van der Waals surface area (Å²) in [6.07, 6.45) is 0. The largest absolute Gasteiger partial charge is 0.491 e. The quantitative estimate of drug-likeness (QED) is 0.866. The van der Waals surface area contributed by atoms with E-state index in [9.17, 15) is 0 Å². The van der Waals surface area contributed by atoms with E-state index in [1.807, 2.05) is 25.2 Å². The van der Waals surface area contributed by atoms with Crippen LogP contribution in [0.2, 0.25) is 0 Å². The summed E-state index contributed by atoms with van der Waals surface area (Å²) in [7, 11) is 1.89. The molecule has 1 aromatic carbocycles. The Balaban J connectivity index is 2.29. The van der Waals surface area contributed by atoms with Crippen molar-refractivity contribution in [3.05, 3.63) is 18.2 Å². The minimum Gasteiger partial charge on any atom is -0.491 e. The van der Waals surface area contributed by atoms with Gasteiger partial charge in [0.25, 0.3) is 0 Å². The second-order valence-corrected chi connectivity index (χ2v) is 4.88. The first-order valence-corrected chi connectivity index (χ1v) is 6.45. The monoisotopic (exact) mass is 264 g/mol. The number of hydrogen-bond donors (Lipinski definition) is 1. The van der Waals surface area contributed by atoms with E-state index in [1.165, 1.54) is 0 Å². The van der Waals surface area contributed by atoms with Crippen LogP contribution in [0.1, 0.15) is 13.8 Å². The van der Waals surface area contributed by atoms with Gasteiger partial charge in [-0.25, -0.2) is 0 Å². The fourth-order valence-corrected chi connectivity index (χ4v) is 1.82. The zero-order chi connectivity index (χ0) is 13.8. The zero-order valence-electron chi connectivity index (χ0n) is 11.6. The first-order valence-electron chi connectivity index (χ1n) is 6.45. The lowest BCUT2D eigenvalue weighted by atomic mass is 10.2. The number of aryl methyl sites for hydroxylation is 1. The van der Waals surface area contributed by atoms with Crippen LogP contribution in [0.4, 0.5) is 0 Å². The Morgan fingerprint density at radius 1 is 1.32 bits per heavy atom. The summed E-state index contributed by atoms with van der Waals surface area (Å²) in [5.74, 6) is 1.79. The Morgan fingerprint density at radius 2 is 2.11 bits per heavy atom. The molecule has 0 aliphatic rings. The fourth-order valence-electron chi connectivity index (χ4n) is 1.82. The van der Waals surface area contributed by atoms with Gasteiger partial charge < -0.3 is 14.6 Å². The van der Waals surface area contributed by atoms with E-state index >= 15 is 0 Å². The van der Waals surface area contributed by atoms with E-state index in [2.05, 4.69) is 18.9 Å². The molecule has 0 bridgehead atoms. The molecule has 2 aromatic rings. The summed E-state index contributed by atoms with van der Waals surface area (Å²) >= 11 is 0. The fraction of sp³-hybridized carbons (Fsp3) is 0.500. The van der Waals surface area contributed by atoms with Gasteiger partial charge in [-0.1, -0.05) is 13.8 Å². The van der Waals surface area contributed by atoms with Gasteiger partial charge in [-0.3, -0.25) is 4.68 Å². The molecule has 5 nitrogen and oxygen atoms in total. The molecule has 0 saturated heterocycles. The molecule has 0 unspecified atom stereocenters. The van der Waals surface area contributed by atoms with Crippen LogP contribution in [0.15, 0.2) is 18.2 Å². The van der Waals surface area contributed by atoms with Gasteiger partial charge in [0.15, 0.2) is 0 Å². The second-order valence-electron chi connectivity index (χ2n) is 4.88. The Labute approximate surface area is 112 Å². The highest BCUT2D eigenvalue weighted by atomic mass is 16.5. The highest BCUT2D eigenvalue weighted by Gasteiger charge is 2.11. The van der Waals surface area contributed by atoms with Crippen molar-refractivity contribution in [2.75, 3.05) is 19.8 Å². The smallest absolute Gasteiger partial charge is 0.240 e. The van der Waals surface area contributed by atoms with E-state index in [1.54, 1.807) is 4.68 Å². The molecule has 0 aliphatic carbocycles. The maximum Gasteiger partial charge on any atom is 0.240 e. The van der Waals surface area contributed by atoms with E-state index in [0.29, 0.717) is 24.2 Å². The molecule has 0 aliphatic heterocycles. The molecule has 0 fully saturated rings. The minimum atomic E-state index is 0.00177. The first-order chi connectivity index (χ1) is 9.11. The van der Waals surface area contributed by atoms with Gasteiger partial charge in [0.1, 0.15) is 12.4 Å². The van der Waals surface area contributed by atoms with Crippen LogP contribution in [0, 0.1) is 5.92 Å². The van der Waals surface area contributed by atoms with Crippen LogP contribution < -0.4 is 9.47 Å². The molecule has 1 heterocycles. The summed E-state index contributed by atoms with van der Waals surface area (Å²) < 4.78 is 12.9. The van der Waals surface area contributed by atoms with E-state index in [0.717, 1.165) is 10.9 Å². The Morgan fingerprint density at radius 3 is 2.79 bits per heavy atom. The third-order valence-corrected chi connectivity index (χ3v) is 2.70. The lowest BCUT2D eigenvalue weighted by molar-refractivity contribution is 0.201. The average molecular weight is 264 g/mol. The molecule has 104 valence electrons. The highest BCUT2D eigenvalue weighted by molar-refractivity contribution is 5.85. The third-order valence-electron chi connectivity index (χ3n) is 2.70. The molecular weight excluding hydrogens is 244 g/mol. The normalized spacial score (nSPS) is 11.2. The number of nitrogens with zero attached hydrogens (tertiary/aromatic N) is 2. The molecule has 0 spiro atoms. The van der Waals surface area contributed by atoms with Crippen LogP contribution in [-0.2, 0) is 7.05 Å². The molecule has 1 N–H and O–H groups in total. The predicted octanol–water partition coefficient (Wildman–Crippen LogP) is 1.98. The number of aromatic nitrogens is 2. The van der Waals surface area contributed by atoms with Crippen molar-refractivity contribution < 1.29 is 14.6 Å². The number of fused-ring (bicyclic) bond motifs is 1. The highest BCUT2D eigenvalue weighted by Crippen LogP contribution is 2.28. The number of ether oxygens (including phenoxy) is 2. The number of rotatable bonds is 6. The Bertz CT molecular complexity index is 549. The summed E-state index contributed by atoms with van der Waals surface area (Å²) in [5, 5.41) is 14.1. The molecular formula is C14H20N2O3. The third kappa shape index (κ3) is 3.17. The van der Waals surface area contributed by atoms with Crippen molar-refractivity contribution in [2.24, 2.45) is 13.0 Å². The summed E-state index contributed by atoms with van der Waals surface area (Å²) in [5.41, 5.74) is 0.995. The Hall–Kier alpha value is -1.75. The molecule has 2 rings (SSSR count). The van der Waals surface area contributed by atoms with E-state index in [-0.39, 0.29) is 13.2 Å². The lowest BCUT2D eigenvalue weighted by Gasteiger charge is -2.07. The standard InChI is InChI=1S/C14H20N2O3/c1-10(2)9-19-14-12-8-11(18-7-6-17)4-5-13(12)16(3)15-14/h4-5,8,10,17H,6-7,9H2,1-3H3. The first kappa shape index (κ1) is 13.7. The van der Waals surface area contributed by atoms with Crippen molar-refractivity contribution in [3.63, 3.8) is 0 Å². The van der Waals surface area contributed by atoms with Crippen molar-refractivity contribution in [3.8, 4) is 11.6 Å². The predicted molar refractivity (Wildman–Crippen MR) is 73.6 cm³/mol. The zero-order valence-corrected chi connectivity index (χ0v) is 11.6. The second kappa shape index (κ2) is 5.93. The summed E-state index contributed by atoms with van der Waals surface area (Å²) in [6, 6.07) is 5.71. The van der Waals surface area contributed by atoms with Crippen molar-refractivity contribution in [2.45, 2.75) is 13.8 Å². The van der Waals surface area contributed by atoms with Gasteiger partial charge in [0.05, 0.1) is 24.1 Å². The average Bonchev–Trinajstić information content (AvgIpc) is 2.70. The molecule has 0 amide bonds. The number of benzene rings is 1. The Kier molecular flexibility index (Phi) is 4.27. The lowest BCUT2D eigenvalue weighted by Crippen LogP contribution is -2.05. The molecule has 0 radical (unpaired) electrons.